The number of aliphatic hydroxyl groups excluding tert-OH is 1. The molecule has 0 spiro atoms. The second-order valence-electron chi connectivity index (χ2n) is 6.91. The fraction of sp³-hybridized carbons (Fsp3) is 1.00. The highest BCUT2D eigenvalue weighted by Gasteiger charge is 2.20. The van der Waals surface area contributed by atoms with Crippen LogP contribution in [0.1, 0.15) is 32.6 Å². The molecule has 2 aliphatic rings. The molecule has 2 rings (SSSR count). The van der Waals surface area contributed by atoms with E-state index in [1.807, 2.05) is 0 Å². The van der Waals surface area contributed by atoms with Crippen molar-refractivity contribution in [3.05, 3.63) is 0 Å². The van der Waals surface area contributed by atoms with Gasteiger partial charge < -0.3 is 19.6 Å². The minimum atomic E-state index is -0.215. The quantitative estimate of drug-likeness (QED) is 0.800. The van der Waals surface area contributed by atoms with Gasteiger partial charge >= 0.3 is 0 Å². The standard InChI is InChI=1S/C16H32N2O2/c1-14-3-7-18(8-4-14)13-16(19)12-17(2)11-15-5-9-20-10-6-15/h14-16,19H,3-13H2,1-2H3. The molecule has 0 aliphatic carbocycles. The van der Waals surface area contributed by atoms with E-state index in [-0.39, 0.29) is 6.10 Å². The first kappa shape index (κ1) is 16.2. The van der Waals surface area contributed by atoms with Crippen LogP contribution in [0.2, 0.25) is 0 Å². The van der Waals surface area contributed by atoms with Crippen LogP contribution in [-0.4, -0.2) is 74.0 Å². The van der Waals surface area contributed by atoms with Gasteiger partial charge in [-0.15, -0.1) is 0 Å². The van der Waals surface area contributed by atoms with Crippen LogP contribution in [0.25, 0.3) is 0 Å². The van der Waals surface area contributed by atoms with Gasteiger partial charge in [-0.1, -0.05) is 6.92 Å². The van der Waals surface area contributed by atoms with Gasteiger partial charge in [-0.2, -0.15) is 0 Å². The average Bonchev–Trinajstić information content (AvgIpc) is 2.42. The minimum absolute atomic E-state index is 0.215. The van der Waals surface area contributed by atoms with Gasteiger partial charge in [0.2, 0.25) is 0 Å². The molecule has 4 nitrogen and oxygen atoms in total. The molecular formula is C16H32N2O2. The maximum absolute atomic E-state index is 10.3. The number of likely N-dealkylation sites (tertiary alicyclic amines) is 1. The Morgan fingerprint density at radius 2 is 1.85 bits per heavy atom. The molecule has 0 bridgehead atoms. The summed E-state index contributed by atoms with van der Waals surface area (Å²) in [6, 6.07) is 0. The lowest BCUT2D eigenvalue weighted by Crippen LogP contribution is -2.43. The predicted octanol–water partition coefficient (Wildman–Crippen LogP) is 1.44. The van der Waals surface area contributed by atoms with Crippen molar-refractivity contribution < 1.29 is 9.84 Å². The topological polar surface area (TPSA) is 35.9 Å². The highest BCUT2D eigenvalue weighted by atomic mass is 16.5. The van der Waals surface area contributed by atoms with Gasteiger partial charge in [-0.3, -0.25) is 0 Å². The van der Waals surface area contributed by atoms with Gasteiger partial charge in [0.15, 0.2) is 0 Å². The van der Waals surface area contributed by atoms with E-state index < -0.39 is 0 Å². The Hall–Kier alpha value is -0.160. The predicted molar refractivity (Wildman–Crippen MR) is 81.9 cm³/mol. The summed E-state index contributed by atoms with van der Waals surface area (Å²) in [6.45, 7) is 9.19. The van der Waals surface area contributed by atoms with Crippen LogP contribution < -0.4 is 0 Å². The van der Waals surface area contributed by atoms with Gasteiger partial charge in [-0.05, 0) is 57.7 Å². The Labute approximate surface area is 124 Å². The summed E-state index contributed by atoms with van der Waals surface area (Å²) in [5.41, 5.74) is 0. The zero-order valence-electron chi connectivity index (χ0n) is 13.3. The summed E-state index contributed by atoms with van der Waals surface area (Å²) in [5.74, 6) is 1.61. The molecule has 2 fully saturated rings. The number of β-amino-alcohol motifs (C(OH)–C–C–N with tert-alkyl or cyclic N) is 1. The smallest absolute Gasteiger partial charge is 0.0793 e. The molecule has 1 N–H and O–H groups in total. The molecular weight excluding hydrogens is 252 g/mol. The van der Waals surface area contributed by atoms with Crippen LogP contribution in [-0.2, 0) is 4.74 Å². The fourth-order valence-electron chi connectivity index (χ4n) is 3.40. The maximum atomic E-state index is 10.3. The number of piperidine rings is 1. The van der Waals surface area contributed by atoms with Crippen LogP contribution in [0, 0.1) is 11.8 Å². The molecule has 0 aromatic rings. The largest absolute Gasteiger partial charge is 0.390 e. The second kappa shape index (κ2) is 8.32. The highest BCUT2D eigenvalue weighted by molar-refractivity contribution is 4.75. The molecule has 2 heterocycles. The van der Waals surface area contributed by atoms with Crippen LogP contribution in [0.4, 0.5) is 0 Å². The first-order valence-corrected chi connectivity index (χ1v) is 8.30. The second-order valence-corrected chi connectivity index (χ2v) is 6.91. The molecule has 0 amide bonds. The van der Waals surface area contributed by atoms with Crippen LogP contribution in [0.5, 0.6) is 0 Å². The summed E-state index contributed by atoms with van der Waals surface area (Å²) in [5, 5.41) is 10.3. The van der Waals surface area contributed by atoms with Gasteiger partial charge in [0.25, 0.3) is 0 Å². The molecule has 0 aromatic heterocycles. The average molecular weight is 284 g/mol. The third-order valence-electron chi connectivity index (χ3n) is 4.78. The monoisotopic (exact) mass is 284 g/mol. The van der Waals surface area contributed by atoms with Crippen LogP contribution in [0.3, 0.4) is 0 Å². The first-order chi connectivity index (χ1) is 9.63. The third-order valence-corrected chi connectivity index (χ3v) is 4.78. The Bertz CT molecular complexity index is 261. The van der Waals surface area contributed by atoms with Gasteiger partial charge in [0.05, 0.1) is 6.10 Å². The molecule has 4 heteroatoms. The van der Waals surface area contributed by atoms with Crippen molar-refractivity contribution in [3.8, 4) is 0 Å². The zero-order valence-corrected chi connectivity index (χ0v) is 13.3. The Morgan fingerprint density at radius 1 is 1.20 bits per heavy atom. The maximum Gasteiger partial charge on any atom is 0.0793 e. The third kappa shape index (κ3) is 5.68. The molecule has 20 heavy (non-hydrogen) atoms. The Balaban J connectivity index is 1.61. The van der Waals surface area contributed by atoms with E-state index in [0.29, 0.717) is 0 Å². The van der Waals surface area contributed by atoms with Gasteiger partial charge in [0.1, 0.15) is 0 Å². The van der Waals surface area contributed by atoms with E-state index in [1.165, 1.54) is 25.7 Å². The minimum Gasteiger partial charge on any atom is -0.390 e. The number of likely N-dealkylation sites (N-methyl/N-ethyl adjacent to an activating group) is 1. The van der Waals surface area contributed by atoms with Gasteiger partial charge in [0, 0.05) is 32.8 Å². The molecule has 118 valence electrons. The Morgan fingerprint density at radius 3 is 2.50 bits per heavy atom. The molecule has 0 aromatic carbocycles. The number of hydrogen-bond donors (Lipinski definition) is 1. The Kier molecular flexibility index (Phi) is 6.75. The lowest BCUT2D eigenvalue weighted by molar-refractivity contribution is 0.0386. The van der Waals surface area contributed by atoms with Crippen molar-refractivity contribution in [2.45, 2.75) is 38.7 Å². The van der Waals surface area contributed by atoms with Crippen LogP contribution in [0.15, 0.2) is 0 Å². The zero-order chi connectivity index (χ0) is 14.4. The number of rotatable bonds is 6. The molecule has 0 radical (unpaired) electrons. The summed E-state index contributed by atoms with van der Waals surface area (Å²) < 4.78 is 5.40. The summed E-state index contributed by atoms with van der Waals surface area (Å²) in [7, 11) is 2.14. The number of aliphatic hydroxyl groups is 1. The van der Waals surface area contributed by atoms with E-state index in [0.717, 1.165) is 57.8 Å². The number of nitrogens with zero attached hydrogens (tertiary/aromatic N) is 2. The van der Waals surface area contributed by atoms with Crippen molar-refractivity contribution in [3.63, 3.8) is 0 Å². The highest BCUT2D eigenvalue weighted by Crippen LogP contribution is 2.17. The molecule has 1 atom stereocenters. The fourth-order valence-corrected chi connectivity index (χ4v) is 3.40. The number of hydrogen-bond acceptors (Lipinski definition) is 4. The van der Waals surface area contributed by atoms with E-state index in [4.69, 9.17) is 4.74 Å². The number of ether oxygens (including phenoxy) is 1. The SMILES string of the molecule is CC1CCN(CC(O)CN(C)CC2CCOCC2)CC1. The molecule has 2 aliphatic heterocycles. The summed E-state index contributed by atoms with van der Waals surface area (Å²) in [4.78, 5) is 4.72. The first-order valence-electron chi connectivity index (χ1n) is 8.30. The molecule has 0 saturated carbocycles. The van der Waals surface area contributed by atoms with Crippen LogP contribution >= 0.6 is 0 Å². The van der Waals surface area contributed by atoms with Crippen molar-refractivity contribution in [2.24, 2.45) is 11.8 Å². The summed E-state index contributed by atoms with van der Waals surface area (Å²) >= 11 is 0. The lowest BCUT2D eigenvalue weighted by Gasteiger charge is -2.33. The van der Waals surface area contributed by atoms with E-state index >= 15 is 0 Å². The van der Waals surface area contributed by atoms with Crippen molar-refractivity contribution in [2.75, 3.05) is 53.0 Å². The van der Waals surface area contributed by atoms with E-state index in [2.05, 4.69) is 23.8 Å². The molecule has 1 unspecified atom stereocenters. The lowest BCUT2D eigenvalue weighted by atomic mass is 9.99. The van der Waals surface area contributed by atoms with Crippen molar-refractivity contribution in [1.82, 2.24) is 9.80 Å². The van der Waals surface area contributed by atoms with Crippen molar-refractivity contribution >= 4 is 0 Å². The van der Waals surface area contributed by atoms with E-state index in [9.17, 15) is 5.11 Å². The van der Waals surface area contributed by atoms with E-state index in [1.54, 1.807) is 0 Å². The van der Waals surface area contributed by atoms with Gasteiger partial charge in [-0.25, -0.2) is 0 Å². The molecule has 2 saturated heterocycles. The van der Waals surface area contributed by atoms with Crippen molar-refractivity contribution in [1.29, 1.82) is 0 Å². The normalized spacial score (nSPS) is 25.2. The summed E-state index contributed by atoms with van der Waals surface area (Å²) in [6.07, 6.45) is 4.69.